The lowest BCUT2D eigenvalue weighted by Crippen LogP contribution is -2.60. The highest BCUT2D eigenvalue weighted by molar-refractivity contribution is 5.77. The molecule has 0 radical (unpaired) electrons. The molecular weight excluding hydrogens is 306 g/mol. The molecule has 23 heavy (non-hydrogen) atoms. The lowest BCUT2D eigenvalue weighted by Gasteiger charge is -2.39. The normalized spacial score (nSPS) is 30.7. The fraction of sp³-hybridized carbons (Fsp3) is 0.533. The topological polar surface area (TPSA) is 117 Å². The van der Waals surface area contributed by atoms with Crippen molar-refractivity contribution in [1.29, 1.82) is 0 Å². The Morgan fingerprint density at radius 1 is 1.17 bits per heavy atom. The molecule has 0 aromatic heterocycles. The molecule has 1 aromatic rings. The molecule has 0 aliphatic carbocycles. The lowest BCUT2D eigenvalue weighted by atomic mass is 9.99. The first-order valence-electron chi connectivity index (χ1n) is 7.20. The number of hydrogen-bond donors (Lipinski definition) is 4. The van der Waals surface area contributed by atoms with Gasteiger partial charge in [0.1, 0.15) is 30.2 Å². The van der Waals surface area contributed by atoms with Gasteiger partial charge in [-0.15, -0.1) is 0 Å². The molecule has 1 heterocycles. The minimum absolute atomic E-state index is 0.0538. The Labute approximate surface area is 133 Å². The summed E-state index contributed by atoms with van der Waals surface area (Å²) in [6.45, 7) is -0.243. The van der Waals surface area contributed by atoms with E-state index in [-0.39, 0.29) is 13.2 Å². The van der Waals surface area contributed by atoms with E-state index in [1.54, 1.807) is 24.3 Å². The van der Waals surface area contributed by atoms with E-state index >= 15 is 0 Å². The van der Waals surface area contributed by atoms with Crippen LogP contribution in [0.3, 0.4) is 0 Å². The van der Waals surface area contributed by atoms with E-state index in [0.717, 1.165) is 0 Å². The van der Waals surface area contributed by atoms with Crippen LogP contribution < -0.4 is 10.1 Å². The zero-order valence-electron chi connectivity index (χ0n) is 12.7. The number of ether oxygens (including phenoxy) is 3. The summed E-state index contributed by atoms with van der Waals surface area (Å²) in [7, 11) is 1.31. The molecule has 2 rings (SSSR count). The van der Waals surface area contributed by atoms with E-state index in [1.807, 2.05) is 6.07 Å². The molecule has 128 valence electrons. The lowest BCUT2D eigenvalue weighted by molar-refractivity contribution is -0.288. The van der Waals surface area contributed by atoms with Crippen LogP contribution >= 0.6 is 0 Å². The average Bonchev–Trinajstić information content (AvgIpc) is 2.58. The van der Waals surface area contributed by atoms with Gasteiger partial charge in [-0.2, -0.15) is 0 Å². The maximum Gasteiger partial charge on any atom is 0.258 e. The number of hydrogen-bond acceptors (Lipinski definition) is 7. The predicted molar refractivity (Wildman–Crippen MR) is 78.6 cm³/mol. The predicted octanol–water partition coefficient (Wildman–Crippen LogP) is -1.36. The highest BCUT2D eigenvalue weighted by Crippen LogP contribution is 2.21. The molecule has 0 bridgehead atoms. The second-order valence-electron chi connectivity index (χ2n) is 5.16. The van der Waals surface area contributed by atoms with Gasteiger partial charge in [-0.25, -0.2) is 0 Å². The van der Waals surface area contributed by atoms with Gasteiger partial charge in [0.05, 0.1) is 0 Å². The van der Waals surface area contributed by atoms with Gasteiger partial charge in [-0.05, 0) is 12.1 Å². The number of benzene rings is 1. The van der Waals surface area contributed by atoms with E-state index < -0.39 is 36.6 Å². The Balaban J connectivity index is 1.79. The minimum atomic E-state index is -1.42. The van der Waals surface area contributed by atoms with E-state index in [1.165, 1.54) is 7.11 Å². The number of methoxy groups -OCH3 is 1. The van der Waals surface area contributed by atoms with Crippen molar-refractivity contribution in [3.63, 3.8) is 0 Å². The molecule has 5 atom stereocenters. The standard InChI is InChI=1S/C15H21NO7/c1-21-15-14(20)13(19)12(18)10(23-15)7-16-11(17)8-22-9-5-3-2-4-6-9/h2-6,10,12-15,18-20H,7-8H2,1H3,(H,16,17)/t10-,12-,13+,14+,15+/m1/s1. The third kappa shape index (κ3) is 4.63. The molecule has 1 aliphatic heterocycles. The summed E-state index contributed by atoms with van der Waals surface area (Å²) in [4.78, 5) is 11.7. The van der Waals surface area contributed by atoms with Crippen molar-refractivity contribution in [2.75, 3.05) is 20.3 Å². The Bertz CT molecular complexity index is 496. The third-order valence-corrected chi connectivity index (χ3v) is 3.51. The van der Waals surface area contributed by atoms with Crippen LogP contribution in [0.1, 0.15) is 0 Å². The second-order valence-corrected chi connectivity index (χ2v) is 5.16. The van der Waals surface area contributed by atoms with E-state index in [0.29, 0.717) is 5.75 Å². The molecule has 8 heteroatoms. The number of nitrogens with one attached hydrogen (secondary N) is 1. The molecule has 0 spiro atoms. The minimum Gasteiger partial charge on any atom is -0.484 e. The SMILES string of the molecule is CO[C@H]1O[C@H](CNC(=O)COc2ccccc2)[C@@H](O)[C@H](O)[C@@H]1O. The summed E-state index contributed by atoms with van der Waals surface area (Å²) < 4.78 is 15.5. The van der Waals surface area contributed by atoms with Crippen molar-refractivity contribution in [2.24, 2.45) is 0 Å². The average molecular weight is 327 g/mol. The highest BCUT2D eigenvalue weighted by atomic mass is 16.7. The van der Waals surface area contributed by atoms with Gasteiger partial charge in [0.25, 0.3) is 5.91 Å². The van der Waals surface area contributed by atoms with Crippen molar-refractivity contribution < 1.29 is 34.3 Å². The van der Waals surface area contributed by atoms with Crippen LogP contribution in [0.5, 0.6) is 5.75 Å². The Morgan fingerprint density at radius 3 is 2.52 bits per heavy atom. The van der Waals surface area contributed by atoms with Crippen LogP contribution in [0.15, 0.2) is 30.3 Å². The number of carbonyl (C=O) groups excluding carboxylic acids is 1. The molecule has 1 aliphatic rings. The number of para-hydroxylation sites is 1. The smallest absolute Gasteiger partial charge is 0.258 e. The van der Waals surface area contributed by atoms with Crippen LogP contribution in [0, 0.1) is 0 Å². The first-order valence-corrected chi connectivity index (χ1v) is 7.20. The Kier molecular flexibility index (Phi) is 6.31. The van der Waals surface area contributed by atoms with E-state index in [2.05, 4.69) is 5.32 Å². The first kappa shape index (κ1) is 17.6. The summed E-state index contributed by atoms with van der Waals surface area (Å²) in [5.41, 5.74) is 0. The van der Waals surface area contributed by atoms with Gasteiger partial charge in [0.15, 0.2) is 12.9 Å². The van der Waals surface area contributed by atoms with Crippen molar-refractivity contribution in [1.82, 2.24) is 5.32 Å². The maximum atomic E-state index is 11.7. The number of aliphatic hydroxyl groups is 3. The van der Waals surface area contributed by atoms with Crippen LogP contribution in [-0.4, -0.2) is 72.2 Å². The number of amides is 1. The van der Waals surface area contributed by atoms with Gasteiger partial charge < -0.3 is 34.8 Å². The summed E-state index contributed by atoms with van der Waals surface area (Å²) in [5.74, 6) is 0.161. The highest BCUT2D eigenvalue weighted by Gasteiger charge is 2.43. The molecule has 1 fully saturated rings. The molecular formula is C15H21NO7. The molecule has 1 aromatic carbocycles. The fourth-order valence-electron chi connectivity index (χ4n) is 2.21. The molecule has 1 amide bonds. The monoisotopic (exact) mass is 327 g/mol. The number of carbonyl (C=O) groups is 1. The number of aliphatic hydroxyl groups excluding tert-OH is 3. The molecule has 4 N–H and O–H groups in total. The van der Waals surface area contributed by atoms with Crippen molar-refractivity contribution in [3.8, 4) is 5.75 Å². The fourth-order valence-corrected chi connectivity index (χ4v) is 2.21. The van der Waals surface area contributed by atoms with Gasteiger partial charge in [-0.1, -0.05) is 18.2 Å². The number of rotatable bonds is 6. The van der Waals surface area contributed by atoms with Crippen molar-refractivity contribution >= 4 is 5.91 Å². The van der Waals surface area contributed by atoms with E-state index in [9.17, 15) is 20.1 Å². The summed E-state index contributed by atoms with van der Waals surface area (Å²) in [6, 6.07) is 8.86. The van der Waals surface area contributed by atoms with Gasteiger partial charge in [0, 0.05) is 13.7 Å². The first-order chi connectivity index (χ1) is 11.0. The Hall–Kier alpha value is -1.71. The quantitative estimate of drug-likeness (QED) is 0.509. The summed E-state index contributed by atoms with van der Waals surface area (Å²) in [5, 5.41) is 31.8. The molecule has 1 saturated heterocycles. The largest absolute Gasteiger partial charge is 0.484 e. The maximum absolute atomic E-state index is 11.7. The van der Waals surface area contributed by atoms with Gasteiger partial charge >= 0.3 is 0 Å². The summed E-state index contributed by atoms with van der Waals surface area (Å²) >= 11 is 0. The van der Waals surface area contributed by atoms with Crippen LogP contribution in [-0.2, 0) is 14.3 Å². The van der Waals surface area contributed by atoms with Crippen molar-refractivity contribution in [3.05, 3.63) is 30.3 Å². The zero-order valence-corrected chi connectivity index (χ0v) is 12.7. The zero-order chi connectivity index (χ0) is 16.8. The molecule has 8 nitrogen and oxygen atoms in total. The van der Waals surface area contributed by atoms with Crippen molar-refractivity contribution in [2.45, 2.75) is 30.7 Å². The second kappa shape index (κ2) is 8.23. The Morgan fingerprint density at radius 2 is 1.87 bits per heavy atom. The summed E-state index contributed by atoms with van der Waals surface area (Å²) in [6.07, 6.45) is -6.10. The van der Waals surface area contributed by atoms with Crippen LogP contribution in [0.2, 0.25) is 0 Å². The molecule has 0 saturated carbocycles. The third-order valence-electron chi connectivity index (χ3n) is 3.51. The van der Waals surface area contributed by atoms with E-state index in [4.69, 9.17) is 14.2 Å². The molecule has 0 unspecified atom stereocenters. The van der Waals surface area contributed by atoms with Gasteiger partial charge in [-0.3, -0.25) is 4.79 Å². The van der Waals surface area contributed by atoms with Crippen LogP contribution in [0.25, 0.3) is 0 Å². The van der Waals surface area contributed by atoms with Crippen LogP contribution in [0.4, 0.5) is 0 Å². The van der Waals surface area contributed by atoms with Gasteiger partial charge in [0.2, 0.25) is 0 Å².